The minimum absolute atomic E-state index is 0.0564. The van der Waals surface area contributed by atoms with Crippen LogP contribution in [-0.2, 0) is 12.7 Å². The summed E-state index contributed by atoms with van der Waals surface area (Å²) in [6.07, 6.45) is -1.01. The van der Waals surface area contributed by atoms with E-state index in [0.717, 1.165) is 37.5 Å². The second-order valence-electron chi connectivity index (χ2n) is 12.9. The Morgan fingerprint density at radius 3 is 2.27 bits per heavy atom. The quantitative estimate of drug-likeness (QED) is 0.122. The molecule has 1 aliphatic carbocycles. The SMILES string of the molecule is CC[SiH](CC)CC.CN1CCN(Cc2ccc(NC(=O)Nc3ccc(-c4nn(C5CC5)c5ccnc(N)c45)cc3F)cc2C(F)(F)F)CC1. The Bertz CT molecular complexity index is 1740. The molecule has 3 heterocycles. The van der Waals surface area contributed by atoms with E-state index in [9.17, 15) is 18.0 Å². The molecule has 49 heavy (non-hydrogen) atoms. The number of nitrogens with one attached hydrogen (secondary N) is 2. The highest BCUT2D eigenvalue weighted by Crippen LogP contribution is 2.41. The molecule has 0 radical (unpaired) electrons. The molecule has 2 aliphatic rings. The van der Waals surface area contributed by atoms with Crippen LogP contribution in [0.2, 0.25) is 18.1 Å². The smallest absolute Gasteiger partial charge is 0.383 e. The number of alkyl halides is 3. The Kier molecular flexibility index (Phi) is 11.6. The highest BCUT2D eigenvalue weighted by atomic mass is 28.3. The van der Waals surface area contributed by atoms with E-state index in [1.165, 1.54) is 42.4 Å². The predicted octanol–water partition coefficient (Wildman–Crippen LogP) is 7.84. The van der Waals surface area contributed by atoms with Crippen molar-refractivity contribution in [3.63, 3.8) is 0 Å². The Morgan fingerprint density at radius 2 is 1.67 bits per heavy atom. The molecule has 0 unspecified atom stereocenters. The number of anilines is 3. The molecule has 2 fully saturated rings. The molecule has 1 aliphatic heterocycles. The van der Waals surface area contributed by atoms with Crippen LogP contribution in [0.25, 0.3) is 22.2 Å². The lowest BCUT2D eigenvalue weighted by Crippen LogP contribution is -2.44. The molecule has 1 saturated heterocycles. The van der Waals surface area contributed by atoms with Crippen LogP contribution in [0, 0.1) is 5.82 Å². The molecular weight excluding hydrogens is 653 g/mol. The minimum atomic E-state index is -4.60. The van der Waals surface area contributed by atoms with E-state index < -0.39 is 23.6 Å². The second kappa shape index (κ2) is 15.7. The Labute approximate surface area is 286 Å². The van der Waals surface area contributed by atoms with E-state index in [-0.39, 0.29) is 44.1 Å². The van der Waals surface area contributed by atoms with Crippen molar-refractivity contribution in [1.82, 2.24) is 24.6 Å². The van der Waals surface area contributed by atoms with Crippen LogP contribution < -0.4 is 16.4 Å². The van der Waals surface area contributed by atoms with Crippen LogP contribution in [-0.4, -0.2) is 72.6 Å². The van der Waals surface area contributed by atoms with Crippen molar-refractivity contribution in [2.24, 2.45) is 0 Å². The van der Waals surface area contributed by atoms with Gasteiger partial charge in [0.2, 0.25) is 0 Å². The van der Waals surface area contributed by atoms with Gasteiger partial charge in [-0.05, 0) is 55.8 Å². The Hall–Kier alpha value is -4.01. The molecule has 0 bridgehead atoms. The lowest BCUT2D eigenvalue weighted by Gasteiger charge is -2.33. The minimum Gasteiger partial charge on any atom is -0.383 e. The Morgan fingerprint density at radius 1 is 0.980 bits per heavy atom. The van der Waals surface area contributed by atoms with Gasteiger partial charge in [0.05, 0.1) is 28.2 Å². The normalized spacial score (nSPS) is 15.7. The number of piperazine rings is 1. The van der Waals surface area contributed by atoms with Gasteiger partial charge in [-0.25, -0.2) is 14.2 Å². The number of benzene rings is 2. The zero-order valence-corrected chi connectivity index (χ0v) is 29.7. The standard InChI is InChI=1S/C29H30F4N8O.C6H16Si/c1-39-10-12-40(13-11-39)16-18-2-4-19(15-21(18)29(31,32)33)36-28(42)37-23-7-3-17(14-22(23)30)26-25-24(8-9-35-27(25)34)41(38-26)20-5-6-20;1-4-7(5-2)6-3/h2-4,7-9,14-15,20H,5-6,10-13,16H2,1H3,(H2,34,35)(H2,36,37,42);7H,4-6H2,1-3H3. The largest absolute Gasteiger partial charge is 0.416 e. The highest BCUT2D eigenvalue weighted by molar-refractivity contribution is 6.58. The third-order valence-corrected chi connectivity index (χ3v) is 12.9. The molecule has 9 nitrogen and oxygen atoms in total. The number of rotatable bonds is 9. The highest BCUT2D eigenvalue weighted by Gasteiger charge is 2.34. The number of fused-ring (bicyclic) bond motifs is 1. The number of urea groups is 1. The van der Waals surface area contributed by atoms with Crippen molar-refractivity contribution in [1.29, 1.82) is 0 Å². The van der Waals surface area contributed by atoms with Gasteiger partial charge in [0.25, 0.3) is 0 Å². The van der Waals surface area contributed by atoms with Crippen molar-refractivity contribution >= 4 is 42.9 Å². The summed E-state index contributed by atoms with van der Waals surface area (Å²) in [5, 5.41) is 10.1. The van der Waals surface area contributed by atoms with Crippen molar-refractivity contribution in [2.75, 3.05) is 49.6 Å². The van der Waals surface area contributed by atoms with E-state index in [0.29, 0.717) is 29.7 Å². The fraction of sp³-hybridized carbons (Fsp3) is 0.457. The molecule has 0 atom stereocenters. The predicted molar refractivity (Wildman–Crippen MR) is 191 cm³/mol. The molecule has 264 valence electrons. The fourth-order valence-electron chi connectivity index (χ4n) is 6.13. The third kappa shape index (κ3) is 8.97. The van der Waals surface area contributed by atoms with Gasteiger partial charge in [0.15, 0.2) is 0 Å². The van der Waals surface area contributed by atoms with Crippen molar-refractivity contribution in [3.05, 3.63) is 65.6 Å². The average molecular weight is 699 g/mol. The monoisotopic (exact) mass is 698 g/mol. The average Bonchev–Trinajstić information content (AvgIpc) is 3.84. The van der Waals surface area contributed by atoms with Gasteiger partial charge in [0, 0.05) is 59.0 Å². The number of amides is 2. The van der Waals surface area contributed by atoms with Gasteiger partial charge in [-0.2, -0.15) is 18.3 Å². The van der Waals surface area contributed by atoms with E-state index in [1.807, 2.05) is 22.7 Å². The van der Waals surface area contributed by atoms with Gasteiger partial charge in [-0.15, -0.1) is 0 Å². The lowest BCUT2D eigenvalue weighted by molar-refractivity contribution is -0.138. The summed E-state index contributed by atoms with van der Waals surface area (Å²) in [5.41, 5.74) is 7.00. The first kappa shape index (κ1) is 36.3. The first-order chi connectivity index (χ1) is 23.4. The number of nitrogens with two attached hydrogens (primary N) is 1. The van der Waals surface area contributed by atoms with E-state index in [1.54, 1.807) is 12.3 Å². The van der Waals surface area contributed by atoms with Gasteiger partial charge in [-0.3, -0.25) is 9.58 Å². The number of likely N-dealkylation sites (N-methyl/N-ethyl adjacent to an activating group) is 1. The van der Waals surface area contributed by atoms with Crippen molar-refractivity contribution in [3.8, 4) is 11.3 Å². The van der Waals surface area contributed by atoms with Crippen LogP contribution in [0.1, 0.15) is 50.8 Å². The van der Waals surface area contributed by atoms with Gasteiger partial charge < -0.3 is 21.3 Å². The van der Waals surface area contributed by atoms with Crippen LogP contribution in [0.3, 0.4) is 0 Å². The first-order valence-corrected chi connectivity index (χ1v) is 19.5. The number of halogens is 4. The number of pyridine rings is 1. The maximum absolute atomic E-state index is 15.2. The molecule has 6 rings (SSSR count). The van der Waals surface area contributed by atoms with Gasteiger partial charge in [-0.1, -0.05) is 51.0 Å². The van der Waals surface area contributed by atoms with Crippen molar-refractivity contribution < 1.29 is 22.4 Å². The van der Waals surface area contributed by atoms with Crippen LogP contribution in [0.15, 0.2) is 48.7 Å². The van der Waals surface area contributed by atoms with Gasteiger partial charge in [0.1, 0.15) is 17.3 Å². The van der Waals surface area contributed by atoms with E-state index in [4.69, 9.17) is 5.73 Å². The van der Waals surface area contributed by atoms with Crippen molar-refractivity contribution in [2.45, 2.75) is 70.5 Å². The zero-order chi connectivity index (χ0) is 35.3. The lowest BCUT2D eigenvalue weighted by atomic mass is 10.0. The Balaban J connectivity index is 0.000000606. The molecular formula is C35H46F4N8OSi. The molecule has 4 N–H and O–H groups in total. The van der Waals surface area contributed by atoms with Crippen LogP contribution >= 0.6 is 0 Å². The number of hydrogen-bond donors (Lipinski definition) is 3. The molecule has 2 aromatic heterocycles. The number of aromatic nitrogens is 3. The summed E-state index contributed by atoms with van der Waals surface area (Å²) in [7, 11) is 1.80. The maximum Gasteiger partial charge on any atom is 0.416 e. The first-order valence-electron chi connectivity index (χ1n) is 17.0. The third-order valence-electron chi connectivity index (χ3n) is 9.43. The molecule has 2 aromatic carbocycles. The summed E-state index contributed by atoms with van der Waals surface area (Å²) in [6.45, 7) is 10.0. The molecule has 0 spiro atoms. The number of nitrogen functional groups attached to an aromatic ring is 1. The van der Waals surface area contributed by atoms with E-state index >= 15 is 4.39 Å². The number of nitrogens with zero attached hydrogens (tertiary/aromatic N) is 5. The van der Waals surface area contributed by atoms with E-state index in [2.05, 4.69) is 46.4 Å². The molecule has 1 saturated carbocycles. The second-order valence-corrected chi connectivity index (χ2v) is 17.1. The zero-order valence-electron chi connectivity index (χ0n) is 28.6. The summed E-state index contributed by atoms with van der Waals surface area (Å²) in [6, 6.07) is 13.6. The molecule has 14 heteroatoms. The number of carbonyl (C=O) groups excluding carboxylic acids is 1. The van der Waals surface area contributed by atoms with Gasteiger partial charge >= 0.3 is 12.2 Å². The summed E-state index contributed by atoms with van der Waals surface area (Å²) < 4.78 is 58.8. The van der Waals surface area contributed by atoms with Crippen LogP contribution in [0.5, 0.6) is 0 Å². The molecule has 2 amide bonds. The summed E-state index contributed by atoms with van der Waals surface area (Å²) in [5.74, 6) is -0.457. The fourth-order valence-corrected chi connectivity index (χ4v) is 7.86. The maximum atomic E-state index is 15.2. The molecule has 4 aromatic rings. The van der Waals surface area contributed by atoms with Crippen LogP contribution in [0.4, 0.5) is 39.5 Å². The number of carbonyl (C=O) groups is 1. The summed E-state index contributed by atoms with van der Waals surface area (Å²) >= 11 is 0. The topological polar surface area (TPSA) is 104 Å². The number of hydrogen-bond acceptors (Lipinski definition) is 6. The summed E-state index contributed by atoms with van der Waals surface area (Å²) in [4.78, 5) is 20.9.